The summed E-state index contributed by atoms with van der Waals surface area (Å²) >= 11 is 0. The molecule has 17 heavy (non-hydrogen) atoms. The van der Waals surface area contributed by atoms with E-state index in [0.717, 1.165) is 24.4 Å². The van der Waals surface area contributed by atoms with Gasteiger partial charge in [0.25, 0.3) is 0 Å². The second kappa shape index (κ2) is 4.79. The molecule has 0 aliphatic carbocycles. The first kappa shape index (κ1) is 11.2. The van der Waals surface area contributed by atoms with Crippen molar-refractivity contribution in [3.8, 4) is 0 Å². The molecule has 0 aromatic heterocycles. The van der Waals surface area contributed by atoms with Gasteiger partial charge >= 0.3 is 0 Å². The lowest BCUT2D eigenvalue weighted by atomic mass is 9.93. The van der Waals surface area contributed by atoms with Gasteiger partial charge in [0.15, 0.2) is 0 Å². The van der Waals surface area contributed by atoms with Crippen LogP contribution in [0, 0.1) is 11.8 Å². The van der Waals surface area contributed by atoms with Crippen molar-refractivity contribution in [3.63, 3.8) is 0 Å². The van der Waals surface area contributed by atoms with Gasteiger partial charge in [0, 0.05) is 19.1 Å². The average Bonchev–Trinajstić information content (AvgIpc) is 2.90. The van der Waals surface area contributed by atoms with E-state index in [4.69, 9.17) is 0 Å². The van der Waals surface area contributed by atoms with Crippen LogP contribution in [0.25, 0.3) is 0 Å². The zero-order chi connectivity index (χ0) is 11.7. The Balaban J connectivity index is 1.71. The highest BCUT2D eigenvalue weighted by Gasteiger charge is 2.42. The van der Waals surface area contributed by atoms with E-state index in [1.165, 1.54) is 31.6 Å². The van der Waals surface area contributed by atoms with Gasteiger partial charge in [-0.1, -0.05) is 37.3 Å². The molecule has 1 aromatic carbocycles. The summed E-state index contributed by atoms with van der Waals surface area (Å²) in [6, 6.07) is 11.7. The Kier molecular flexibility index (Phi) is 3.17. The van der Waals surface area contributed by atoms with Gasteiger partial charge in [0.2, 0.25) is 0 Å². The molecule has 2 aliphatic rings. The molecule has 3 atom stereocenters. The molecule has 1 aromatic rings. The van der Waals surface area contributed by atoms with Crippen LogP contribution < -0.4 is 5.32 Å². The fourth-order valence-electron chi connectivity index (χ4n) is 3.67. The first-order valence-corrected chi connectivity index (χ1v) is 6.87. The monoisotopic (exact) mass is 230 g/mol. The fraction of sp³-hybridized carbons (Fsp3) is 0.600. The van der Waals surface area contributed by atoms with E-state index < -0.39 is 0 Å². The van der Waals surface area contributed by atoms with Gasteiger partial charge in [-0.15, -0.1) is 0 Å². The molecule has 3 rings (SSSR count). The van der Waals surface area contributed by atoms with Crippen molar-refractivity contribution in [2.45, 2.75) is 25.9 Å². The topological polar surface area (TPSA) is 15.3 Å². The lowest BCUT2D eigenvalue weighted by Gasteiger charge is -2.26. The summed E-state index contributed by atoms with van der Waals surface area (Å²) in [4.78, 5) is 2.70. The highest BCUT2D eigenvalue weighted by atomic mass is 15.2. The Morgan fingerprint density at radius 2 is 2.06 bits per heavy atom. The molecule has 0 spiro atoms. The second-order valence-corrected chi connectivity index (χ2v) is 5.47. The van der Waals surface area contributed by atoms with Gasteiger partial charge in [-0.2, -0.15) is 0 Å². The number of likely N-dealkylation sites (tertiary alicyclic amines) is 1. The molecule has 2 nitrogen and oxygen atoms in total. The minimum absolute atomic E-state index is 0.787. The Morgan fingerprint density at radius 3 is 2.82 bits per heavy atom. The predicted octanol–water partition coefficient (Wildman–Crippen LogP) is 2.12. The molecule has 2 aliphatic heterocycles. The standard InChI is InChI=1S/C15H22N2/c1-2-15-14-9-16-8-13(14)11-17(15)10-12-6-4-3-5-7-12/h3-7,13-16H,2,8-11H2,1H3. The molecule has 1 N–H and O–H groups in total. The van der Waals surface area contributed by atoms with E-state index in [1.807, 2.05) is 0 Å². The van der Waals surface area contributed by atoms with Gasteiger partial charge in [-0.25, -0.2) is 0 Å². The maximum absolute atomic E-state index is 3.55. The summed E-state index contributed by atoms with van der Waals surface area (Å²) < 4.78 is 0. The van der Waals surface area contributed by atoms with Crippen LogP contribution in [0.2, 0.25) is 0 Å². The Morgan fingerprint density at radius 1 is 1.24 bits per heavy atom. The number of hydrogen-bond acceptors (Lipinski definition) is 2. The molecular formula is C15H22N2. The van der Waals surface area contributed by atoms with Crippen LogP contribution in [0.3, 0.4) is 0 Å². The number of hydrogen-bond donors (Lipinski definition) is 1. The maximum Gasteiger partial charge on any atom is 0.0236 e. The van der Waals surface area contributed by atoms with Crippen LogP contribution in [-0.4, -0.2) is 30.6 Å². The van der Waals surface area contributed by atoms with Gasteiger partial charge < -0.3 is 5.32 Å². The van der Waals surface area contributed by atoms with Crippen molar-refractivity contribution >= 4 is 0 Å². The average molecular weight is 230 g/mol. The van der Waals surface area contributed by atoms with Crippen molar-refractivity contribution in [1.29, 1.82) is 0 Å². The molecule has 3 unspecified atom stereocenters. The zero-order valence-corrected chi connectivity index (χ0v) is 10.6. The molecule has 0 radical (unpaired) electrons. The van der Waals surface area contributed by atoms with E-state index in [-0.39, 0.29) is 0 Å². The minimum Gasteiger partial charge on any atom is -0.316 e. The lowest BCUT2D eigenvalue weighted by molar-refractivity contribution is 0.210. The summed E-state index contributed by atoms with van der Waals surface area (Å²) in [6.45, 7) is 7.21. The smallest absolute Gasteiger partial charge is 0.0236 e. The molecule has 0 saturated carbocycles. The summed E-state index contributed by atoms with van der Waals surface area (Å²) in [5.41, 5.74) is 1.46. The van der Waals surface area contributed by atoms with Gasteiger partial charge in [-0.05, 0) is 36.9 Å². The van der Waals surface area contributed by atoms with Gasteiger partial charge in [0.05, 0.1) is 0 Å². The van der Waals surface area contributed by atoms with Crippen LogP contribution in [-0.2, 0) is 6.54 Å². The fourth-order valence-corrected chi connectivity index (χ4v) is 3.67. The Bertz CT molecular complexity index is 362. The van der Waals surface area contributed by atoms with E-state index >= 15 is 0 Å². The van der Waals surface area contributed by atoms with Crippen molar-refractivity contribution < 1.29 is 0 Å². The normalized spacial score (nSPS) is 32.9. The first-order valence-electron chi connectivity index (χ1n) is 6.87. The molecule has 92 valence electrons. The van der Waals surface area contributed by atoms with Crippen LogP contribution >= 0.6 is 0 Å². The number of nitrogens with one attached hydrogen (secondary N) is 1. The van der Waals surface area contributed by atoms with Crippen molar-refractivity contribution in [2.75, 3.05) is 19.6 Å². The quantitative estimate of drug-likeness (QED) is 0.855. The van der Waals surface area contributed by atoms with Gasteiger partial charge in [-0.3, -0.25) is 4.90 Å². The summed E-state index contributed by atoms with van der Waals surface area (Å²) in [5, 5.41) is 3.55. The van der Waals surface area contributed by atoms with Crippen LogP contribution in [0.4, 0.5) is 0 Å². The van der Waals surface area contributed by atoms with Crippen molar-refractivity contribution in [1.82, 2.24) is 10.2 Å². The summed E-state index contributed by atoms with van der Waals surface area (Å²) in [6.07, 6.45) is 1.29. The third kappa shape index (κ3) is 2.12. The van der Waals surface area contributed by atoms with Crippen molar-refractivity contribution in [2.24, 2.45) is 11.8 Å². The minimum atomic E-state index is 0.787. The van der Waals surface area contributed by atoms with Gasteiger partial charge in [0.1, 0.15) is 0 Å². The lowest BCUT2D eigenvalue weighted by Crippen LogP contribution is -2.34. The second-order valence-electron chi connectivity index (χ2n) is 5.47. The number of nitrogens with zero attached hydrogens (tertiary/aromatic N) is 1. The number of fused-ring (bicyclic) bond motifs is 1. The van der Waals surface area contributed by atoms with E-state index in [9.17, 15) is 0 Å². The molecule has 2 heterocycles. The highest BCUT2D eigenvalue weighted by molar-refractivity contribution is 5.15. The summed E-state index contributed by atoms with van der Waals surface area (Å²) in [5.74, 6) is 1.78. The van der Waals surface area contributed by atoms with E-state index in [0.29, 0.717) is 0 Å². The van der Waals surface area contributed by atoms with Crippen LogP contribution in [0.15, 0.2) is 30.3 Å². The number of benzene rings is 1. The first-order chi connectivity index (χ1) is 8.38. The zero-order valence-electron chi connectivity index (χ0n) is 10.6. The van der Waals surface area contributed by atoms with Crippen LogP contribution in [0.5, 0.6) is 0 Å². The Labute approximate surface area is 104 Å². The predicted molar refractivity (Wildman–Crippen MR) is 70.8 cm³/mol. The molecule has 2 saturated heterocycles. The number of rotatable bonds is 3. The molecule has 2 heteroatoms. The molecule has 2 fully saturated rings. The van der Waals surface area contributed by atoms with E-state index in [2.05, 4.69) is 47.5 Å². The molecular weight excluding hydrogens is 208 g/mol. The third-order valence-corrected chi connectivity index (χ3v) is 4.47. The highest BCUT2D eigenvalue weighted by Crippen LogP contribution is 2.34. The molecule has 0 bridgehead atoms. The van der Waals surface area contributed by atoms with Crippen molar-refractivity contribution in [3.05, 3.63) is 35.9 Å². The third-order valence-electron chi connectivity index (χ3n) is 4.47. The summed E-state index contributed by atoms with van der Waals surface area (Å²) in [7, 11) is 0. The van der Waals surface area contributed by atoms with E-state index in [1.54, 1.807) is 0 Å². The largest absolute Gasteiger partial charge is 0.316 e. The maximum atomic E-state index is 3.55. The molecule has 0 amide bonds. The SMILES string of the molecule is CCC1C2CNCC2CN1Cc1ccccc1. The van der Waals surface area contributed by atoms with Crippen LogP contribution in [0.1, 0.15) is 18.9 Å². The Hall–Kier alpha value is -0.860.